The lowest BCUT2D eigenvalue weighted by Crippen LogP contribution is -2.11. The van der Waals surface area contributed by atoms with Gasteiger partial charge in [-0.05, 0) is 36.8 Å². The number of aromatic nitrogens is 1. The van der Waals surface area contributed by atoms with Crippen LogP contribution in [0.25, 0.3) is 11.1 Å². The molecule has 0 saturated carbocycles. The summed E-state index contributed by atoms with van der Waals surface area (Å²) in [6.07, 6.45) is 1.66. The highest BCUT2D eigenvalue weighted by Crippen LogP contribution is 2.26. The first-order valence-corrected chi connectivity index (χ1v) is 6.48. The Kier molecular flexibility index (Phi) is 3.31. The van der Waals surface area contributed by atoms with Crippen LogP contribution in [0.15, 0.2) is 47.0 Å². The molecule has 1 aromatic carbocycles. The lowest BCUT2D eigenvalue weighted by molar-refractivity contribution is 0.0998. The third-order valence-corrected chi connectivity index (χ3v) is 3.11. The first-order chi connectivity index (χ1) is 10.2. The van der Waals surface area contributed by atoms with E-state index < -0.39 is 0 Å². The molecule has 0 aliphatic carbocycles. The number of benzene rings is 1. The molecule has 0 fully saturated rings. The zero-order chi connectivity index (χ0) is 14.8. The van der Waals surface area contributed by atoms with Crippen molar-refractivity contribution in [2.45, 2.75) is 6.92 Å². The number of aryl methyl sites for hydroxylation is 1. The zero-order valence-electron chi connectivity index (χ0n) is 11.7. The van der Waals surface area contributed by atoms with Gasteiger partial charge in [0.1, 0.15) is 11.3 Å². The fourth-order valence-corrected chi connectivity index (χ4v) is 2.08. The van der Waals surface area contributed by atoms with Gasteiger partial charge in [-0.3, -0.25) is 9.78 Å². The molecule has 3 aromatic rings. The molecule has 0 aliphatic heterocycles. The molecule has 21 heavy (non-hydrogen) atoms. The Bertz CT molecular complexity index is 775. The van der Waals surface area contributed by atoms with E-state index in [0.717, 1.165) is 5.56 Å². The summed E-state index contributed by atoms with van der Waals surface area (Å²) in [5, 5.41) is 2.79. The number of carbonyl (C=O) groups excluding carboxylic acids is 1. The fourth-order valence-electron chi connectivity index (χ4n) is 2.08. The van der Waals surface area contributed by atoms with Crippen LogP contribution in [0.5, 0.6) is 5.75 Å². The van der Waals surface area contributed by atoms with Crippen molar-refractivity contribution in [2.24, 2.45) is 0 Å². The summed E-state index contributed by atoms with van der Waals surface area (Å²) in [6.45, 7) is 1.94. The smallest absolute Gasteiger partial charge is 0.291 e. The molecular formula is C16H14N2O3. The van der Waals surface area contributed by atoms with Gasteiger partial charge in [0.25, 0.3) is 5.91 Å². The van der Waals surface area contributed by atoms with Crippen LogP contribution in [0.1, 0.15) is 16.1 Å². The Balaban J connectivity index is 1.91. The van der Waals surface area contributed by atoms with E-state index in [2.05, 4.69) is 10.3 Å². The average Bonchev–Trinajstić information content (AvgIpc) is 2.91. The Hall–Kier alpha value is -2.82. The topological polar surface area (TPSA) is 64.4 Å². The number of carbonyl (C=O) groups is 1. The number of nitrogens with zero attached hydrogens (tertiary/aromatic N) is 1. The second-order valence-electron chi connectivity index (χ2n) is 4.66. The standard InChI is InChI=1S/C16H14N2O3/c1-10-5-6-13(20-2)12(8-10)18-16(19)15-9-11-14(21-15)4-3-7-17-11/h3-9H,1-2H3,(H,18,19). The lowest BCUT2D eigenvalue weighted by Gasteiger charge is -2.09. The maximum absolute atomic E-state index is 12.3. The SMILES string of the molecule is COc1ccc(C)cc1NC(=O)c1cc2ncccc2o1. The first-order valence-electron chi connectivity index (χ1n) is 6.48. The Morgan fingerprint density at radius 1 is 1.29 bits per heavy atom. The second-order valence-corrected chi connectivity index (χ2v) is 4.66. The monoisotopic (exact) mass is 282 g/mol. The zero-order valence-corrected chi connectivity index (χ0v) is 11.7. The second kappa shape index (κ2) is 5.28. The molecule has 0 atom stereocenters. The van der Waals surface area contributed by atoms with E-state index in [0.29, 0.717) is 22.5 Å². The molecule has 0 unspecified atom stereocenters. The van der Waals surface area contributed by atoms with Crippen molar-refractivity contribution in [1.29, 1.82) is 0 Å². The molecule has 0 saturated heterocycles. The molecule has 0 radical (unpaired) electrons. The van der Waals surface area contributed by atoms with Gasteiger partial charge in [0, 0.05) is 12.3 Å². The molecule has 0 aliphatic rings. The van der Waals surface area contributed by atoms with Crippen molar-refractivity contribution in [3.63, 3.8) is 0 Å². The van der Waals surface area contributed by atoms with E-state index in [1.165, 1.54) is 0 Å². The summed E-state index contributed by atoms with van der Waals surface area (Å²) < 4.78 is 10.7. The van der Waals surface area contributed by atoms with Crippen molar-refractivity contribution >= 4 is 22.7 Å². The van der Waals surface area contributed by atoms with Gasteiger partial charge < -0.3 is 14.5 Å². The molecule has 5 heteroatoms. The van der Waals surface area contributed by atoms with Crippen LogP contribution < -0.4 is 10.1 Å². The highest BCUT2D eigenvalue weighted by Gasteiger charge is 2.15. The van der Waals surface area contributed by atoms with E-state index in [9.17, 15) is 4.79 Å². The van der Waals surface area contributed by atoms with Crippen LogP contribution in [-0.2, 0) is 0 Å². The number of hydrogen-bond acceptors (Lipinski definition) is 4. The van der Waals surface area contributed by atoms with E-state index in [-0.39, 0.29) is 11.7 Å². The van der Waals surface area contributed by atoms with Crippen LogP contribution in [0.2, 0.25) is 0 Å². The molecule has 5 nitrogen and oxygen atoms in total. The average molecular weight is 282 g/mol. The summed E-state index contributed by atoms with van der Waals surface area (Å²) in [6, 6.07) is 10.7. The van der Waals surface area contributed by atoms with Crippen LogP contribution in [0.4, 0.5) is 5.69 Å². The molecule has 1 N–H and O–H groups in total. The summed E-state index contributed by atoms with van der Waals surface area (Å²) in [5.74, 6) is 0.479. The van der Waals surface area contributed by atoms with Gasteiger partial charge >= 0.3 is 0 Å². The minimum atomic E-state index is -0.336. The Labute approximate surface area is 121 Å². The van der Waals surface area contributed by atoms with Crippen molar-refractivity contribution in [2.75, 3.05) is 12.4 Å². The summed E-state index contributed by atoms with van der Waals surface area (Å²) >= 11 is 0. The van der Waals surface area contributed by atoms with Crippen LogP contribution in [0, 0.1) is 6.92 Å². The minimum absolute atomic E-state index is 0.215. The van der Waals surface area contributed by atoms with Crippen molar-refractivity contribution in [3.05, 3.63) is 53.9 Å². The van der Waals surface area contributed by atoms with E-state index in [1.54, 1.807) is 31.5 Å². The molecule has 2 aromatic heterocycles. The number of fused-ring (bicyclic) bond motifs is 1. The molecule has 0 bridgehead atoms. The molecular weight excluding hydrogens is 268 g/mol. The summed E-state index contributed by atoms with van der Waals surface area (Å²) in [4.78, 5) is 16.4. The van der Waals surface area contributed by atoms with Gasteiger partial charge in [-0.15, -0.1) is 0 Å². The summed E-state index contributed by atoms with van der Waals surface area (Å²) in [7, 11) is 1.56. The third kappa shape index (κ3) is 2.58. The molecule has 3 rings (SSSR count). The number of hydrogen-bond donors (Lipinski definition) is 1. The van der Waals surface area contributed by atoms with Crippen molar-refractivity contribution < 1.29 is 13.9 Å². The van der Waals surface area contributed by atoms with E-state index >= 15 is 0 Å². The number of furan rings is 1. The Morgan fingerprint density at radius 3 is 2.90 bits per heavy atom. The summed E-state index contributed by atoms with van der Waals surface area (Å²) in [5.41, 5.74) is 2.87. The predicted molar refractivity (Wildman–Crippen MR) is 79.7 cm³/mol. The molecule has 0 spiro atoms. The normalized spacial score (nSPS) is 10.6. The van der Waals surface area contributed by atoms with Gasteiger partial charge in [-0.25, -0.2) is 0 Å². The number of anilines is 1. The molecule has 1 amide bonds. The highest BCUT2D eigenvalue weighted by molar-refractivity contribution is 6.05. The lowest BCUT2D eigenvalue weighted by atomic mass is 10.2. The minimum Gasteiger partial charge on any atom is -0.495 e. The van der Waals surface area contributed by atoms with Gasteiger partial charge in [0.2, 0.25) is 0 Å². The predicted octanol–water partition coefficient (Wildman–Crippen LogP) is 3.40. The quantitative estimate of drug-likeness (QED) is 0.799. The van der Waals surface area contributed by atoms with Crippen LogP contribution in [0.3, 0.4) is 0 Å². The van der Waals surface area contributed by atoms with Gasteiger partial charge in [0.15, 0.2) is 11.3 Å². The maximum Gasteiger partial charge on any atom is 0.291 e. The largest absolute Gasteiger partial charge is 0.495 e. The van der Waals surface area contributed by atoms with Gasteiger partial charge in [0.05, 0.1) is 12.8 Å². The van der Waals surface area contributed by atoms with E-state index in [1.807, 2.05) is 25.1 Å². The maximum atomic E-state index is 12.3. The molecule has 106 valence electrons. The first kappa shape index (κ1) is 13.2. The number of pyridine rings is 1. The van der Waals surface area contributed by atoms with Crippen LogP contribution >= 0.6 is 0 Å². The molecule has 2 heterocycles. The third-order valence-electron chi connectivity index (χ3n) is 3.11. The van der Waals surface area contributed by atoms with Crippen molar-refractivity contribution in [1.82, 2.24) is 4.98 Å². The van der Waals surface area contributed by atoms with Crippen LogP contribution in [-0.4, -0.2) is 18.0 Å². The Morgan fingerprint density at radius 2 is 2.14 bits per heavy atom. The number of rotatable bonds is 3. The fraction of sp³-hybridized carbons (Fsp3) is 0.125. The van der Waals surface area contributed by atoms with E-state index in [4.69, 9.17) is 9.15 Å². The number of nitrogens with one attached hydrogen (secondary N) is 1. The van der Waals surface area contributed by atoms with Gasteiger partial charge in [-0.1, -0.05) is 6.07 Å². The highest BCUT2D eigenvalue weighted by atomic mass is 16.5. The number of amides is 1. The van der Waals surface area contributed by atoms with Gasteiger partial charge in [-0.2, -0.15) is 0 Å². The van der Waals surface area contributed by atoms with Crippen molar-refractivity contribution in [3.8, 4) is 5.75 Å². The number of ether oxygens (including phenoxy) is 1. The number of methoxy groups -OCH3 is 1.